The smallest absolute Gasteiger partial charge is 0.495 e. The fraction of sp³-hybridized carbons (Fsp3) is 0.0909. The first-order valence-electron chi connectivity index (χ1n) is 4.88. The molecule has 0 spiro atoms. The van der Waals surface area contributed by atoms with Crippen molar-refractivity contribution in [1.82, 2.24) is 0 Å². The number of aliphatic hydroxyl groups excluding tert-OH is 1. The van der Waals surface area contributed by atoms with Crippen molar-refractivity contribution in [3.8, 4) is 5.75 Å². The molecule has 1 N–H and O–H groups in total. The van der Waals surface area contributed by atoms with Gasteiger partial charge in [0, 0.05) is 5.56 Å². The molecular formula is C11H8AlCl4O4. The van der Waals surface area contributed by atoms with Gasteiger partial charge in [0.2, 0.25) is 0 Å². The predicted octanol–water partition coefficient (Wildman–Crippen LogP) is 3.49. The van der Waals surface area contributed by atoms with Crippen LogP contribution < -0.4 is 4.74 Å². The summed E-state index contributed by atoms with van der Waals surface area (Å²) in [6.45, 7) is 0. The van der Waals surface area contributed by atoms with Crippen LogP contribution in [0.5, 0.6) is 5.75 Å². The van der Waals surface area contributed by atoms with Gasteiger partial charge in [0.1, 0.15) is 17.1 Å². The van der Waals surface area contributed by atoms with Crippen molar-refractivity contribution in [2.45, 2.75) is 0 Å². The third-order valence-electron chi connectivity index (χ3n) is 1.99. The highest BCUT2D eigenvalue weighted by Gasteiger charge is 2.20. The lowest BCUT2D eigenvalue weighted by molar-refractivity contribution is -0.113. The van der Waals surface area contributed by atoms with Crippen LogP contribution >= 0.6 is 43.3 Å². The molecule has 0 aliphatic heterocycles. The molecule has 0 bridgehead atoms. The van der Waals surface area contributed by atoms with E-state index in [0.29, 0.717) is 5.75 Å². The average Bonchev–Trinajstić information content (AvgIpc) is 2.39. The Labute approximate surface area is 140 Å². The summed E-state index contributed by atoms with van der Waals surface area (Å²) in [5.74, 6) is 0.00477. The summed E-state index contributed by atoms with van der Waals surface area (Å²) in [6, 6.07) is 6.04. The highest BCUT2D eigenvalue weighted by atomic mass is 35.7. The van der Waals surface area contributed by atoms with Crippen molar-refractivity contribution in [3.63, 3.8) is 0 Å². The molecule has 0 atom stereocenters. The number of allylic oxidation sites excluding steroid dienone is 1. The maximum atomic E-state index is 10.9. The zero-order valence-electron chi connectivity index (χ0n) is 10.1. The van der Waals surface area contributed by atoms with Crippen molar-refractivity contribution in [3.05, 3.63) is 35.4 Å². The van der Waals surface area contributed by atoms with E-state index in [1.54, 1.807) is 12.1 Å². The highest BCUT2D eigenvalue weighted by Crippen LogP contribution is 2.22. The number of hydrogen-bond acceptors (Lipinski definition) is 4. The van der Waals surface area contributed by atoms with Crippen LogP contribution in [0.3, 0.4) is 0 Å². The van der Waals surface area contributed by atoms with Crippen molar-refractivity contribution in [1.29, 1.82) is 0 Å². The molecule has 9 heteroatoms. The van der Waals surface area contributed by atoms with Crippen LogP contribution in [0.1, 0.15) is 5.56 Å². The third-order valence-corrected chi connectivity index (χ3v) is 2.37. The molecule has 0 heterocycles. The summed E-state index contributed by atoms with van der Waals surface area (Å²) in [7, 11) is 11.2. The summed E-state index contributed by atoms with van der Waals surface area (Å²) < 4.78 is 4.92. The quantitative estimate of drug-likeness (QED) is 0.219. The summed E-state index contributed by atoms with van der Waals surface area (Å²) in [5, 5.41) is 7.49. The standard InChI is InChI=1S/C11H8Cl2O4.Al.2ClH/c1-17-7-4-2-6(3-5-7)9(14)8(10(12)15)11(13)16;;;/h2-5,14H,1H3;;2*1H/q;+2;;/p-2. The Kier molecular flexibility index (Phi) is 10.1. The molecule has 0 unspecified atom stereocenters. The minimum Gasteiger partial charge on any atom is -0.506 e. The van der Waals surface area contributed by atoms with Crippen molar-refractivity contribution < 1.29 is 19.4 Å². The lowest BCUT2D eigenvalue weighted by Crippen LogP contribution is -2.06. The van der Waals surface area contributed by atoms with Crippen LogP contribution in [0.2, 0.25) is 0 Å². The topological polar surface area (TPSA) is 63.6 Å². The molecule has 0 saturated heterocycles. The Morgan fingerprint density at radius 3 is 1.80 bits per heavy atom. The van der Waals surface area contributed by atoms with Gasteiger partial charge in [0.15, 0.2) is 0 Å². The minimum absolute atomic E-state index is 0.240. The average molecular weight is 373 g/mol. The van der Waals surface area contributed by atoms with E-state index >= 15 is 0 Å². The largest absolute Gasteiger partial charge is 0.506 e. The number of benzene rings is 1. The molecule has 0 saturated carbocycles. The number of carbonyl (C=O) groups excluding carboxylic acids is 2. The van der Waals surface area contributed by atoms with E-state index in [0.717, 1.165) is 0 Å². The predicted molar refractivity (Wildman–Crippen MR) is 81.7 cm³/mol. The molecule has 0 fully saturated rings. The maximum absolute atomic E-state index is 10.9. The van der Waals surface area contributed by atoms with Crippen LogP contribution in [-0.2, 0) is 9.59 Å². The number of rotatable bonds is 4. The van der Waals surface area contributed by atoms with E-state index in [9.17, 15) is 14.7 Å². The number of halogens is 4. The molecule has 0 aromatic heterocycles. The molecule has 1 rings (SSSR count). The van der Waals surface area contributed by atoms with Crippen molar-refractivity contribution in [2.75, 3.05) is 7.11 Å². The molecule has 1 aromatic carbocycles. The Morgan fingerprint density at radius 2 is 1.50 bits per heavy atom. The third kappa shape index (κ3) is 6.36. The fourth-order valence-electron chi connectivity index (χ4n) is 1.16. The van der Waals surface area contributed by atoms with Crippen molar-refractivity contribution in [2.24, 2.45) is 0 Å². The van der Waals surface area contributed by atoms with E-state index in [-0.39, 0.29) is 18.9 Å². The molecule has 107 valence electrons. The fourth-order valence-corrected chi connectivity index (χ4v) is 1.56. The summed E-state index contributed by atoms with van der Waals surface area (Å²) in [4.78, 5) is 21.9. The van der Waals surface area contributed by atoms with Crippen LogP contribution in [0, 0.1) is 0 Å². The highest BCUT2D eigenvalue weighted by molar-refractivity contribution is 7.22. The van der Waals surface area contributed by atoms with Gasteiger partial charge in [-0.3, -0.25) is 9.59 Å². The second-order valence-corrected chi connectivity index (χ2v) is 5.91. The Hall–Kier alpha value is -0.408. The molecular weight excluding hydrogens is 365 g/mol. The Balaban J connectivity index is 0.00000110. The van der Waals surface area contributed by atoms with Gasteiger partial charge in [-0.05, 0) is 47.5 Å². The molecule has 4 nitrogen and oxygen atoms in total. The second kappa shape index (κ2) is 10.3. The van der Waals surface area contributed by atoms with Gasteiger partial charge >= 0.3 is 13.4 Å². The Bertz CT molecular complexity index is 486. The molecule has 0 amide bonds. The molecule has 0 aliphatic carbocycles. The van der Waals surface area contributed by atoms with Gasteiger partial charge in [-0.1, -0.05) is 0 Å². The van der Waals surface area contributed by atoms with Crippen molar-refractivity contribution >= 4 is 72.9 Å². The molecule has 1 aromatic rings. The molecule has 20 heavy (non-hydrogen) atoms. The first kappa shape index (κ1) is 19.6. The van der Waals surface area contributed by atoms with E-state index in [2.05, 4.69) is 0 Å². The van der Waals surface area contributed by atoms with E-state index in [1.807, 2.05) is 0 Å². The zero-order valence-corrected chi connectivity index (χ0v) is 14.2. The van der Waals surface area contributed by atoms with Gasteiger partial charge in [-0.15, -0.1) is 0 Å². The monoisotopic (exact) mass is 371 g/mol. The van der Waals surface area contributed by atoms with Gasteiger partial charge in [0.25, 0.3) is 10.5 Å². The number of hydrogen-bond donors (Lipinski definition) is 1. The first-order chi connectivity index (χ1) is 9.38. The zero-order chi connectivity index (χ0) is 15.7. The number of carbonyl (C=O) groups is 2. The summed E-state index contributed by atoms with van der Waals surface area (Å²) in [5.41, 5.74) is -0.415. The first-order valence-corrected chi connectivity index (χ1v) is 9.13. The van der Waals surface area contributed by atoms with Gasteiger partial charge < -0.3 is 9.84 Å². The normalized spacial score (nSPS) is 8.85. The van der Waals surface area contributed by atoms with Gasteiger partial charge in [0.05, 0.1) is 7.11 Å². The maximum Gasteiger partial charge on any atom is 0.495 e. The number of aliphatic hydroxyl groups is 1. The van der Waals surface area contributed by atoms with Crippen LogP contribution in [-0.4, -0.2) is 36.1 Å². The van der Waals surface area contributed by atoms with Crippen LogP contribution in [0.4, 0.5) is 0 Å². The van der Waals surface area contributed by atoms with Crippen LogP contribution in [0.25, 0.3) is 5.76 Å². The van der Waals surface area contributed by atoms with E-state index < -0.39 is 21.8 Å². The number of methoxy groups -OCH3 is 1. The summed E-state index contributed by atoms with van der Waals surface area (Å²) in [6.07, 6.45) is 0. The lowest BCUT2D eigenvalue weighted by Gasteiger charge is -2.05. The summed E-state index contributed by atoms with van der Waals surface area (Å²) >= 11 is 10.0. The lowest BCUT2D eigenvalue weighted by atomic mass is 10.1. The second-order valence-electron chi connectivity index (χ2n) is 3.08. The molecule has 1 radical (unpaired) electrons. The van der Waals surface area contributed by atoms with E-state index in [1.165, 1.54) is 19.2 Å². The SMILES string of the molecule is COc1ccc(C(O)=C(C(=O)Cl)C(=O)Cl)cc1.[Cl][Al][Cl]. The van der Waals surface area contributed by atoms with Crippen LogP contribution in [0.15, 0.2) is 29.8 Å². The number of ether oxygens (including phenoxy) is 1. The van der Waals surface area contributed by atoms with Gasteiger partial charge in [-0.2, -0.15) is 0 Å². The Morgan fingerprint density at radius 1 is 1.10 bits per heavy atom. The molecule has 0 aliphatic rings. The van der Waals surface area contributed by atoms with Gasteiger partial charge in [-0.25, -0.2) is 20.1 Å². The van der Waals surface area contributed by atoms with E-state index in [4.69, 9.17) is 48.0 Å². The minimum atomic E-state index is -1.11.